The quantitative estimate of drug-likeness (QED) is 0.479. The number of fused-ring (bicyclic) bond motifs is 3. The van der Waals surface area contributed by atoms with Crippen molar-refractivity contribution in [3.8, 4) is 0 Å². The number of allylic oxidation sites excluding steroid dienone is 2. The lowest BCUT2D eigenvalue weighted by Crippen LogP contribution is -2.36. The Kier molecular flexibility index (Phi) is 4.81. The summed E-state index contributed by atoms with van der Waals surface area (Å²) in [4.78, 5) is 38.2. The summed E-state index contributed by atoms with van der Waals surface area (Å²) in [5, 5.41) is 11.4. The highest BCUT2D eigenvalue weighted by Gasteiger charge is 2.47. The van der Waals surface area contributed by atoms with Crippen molar-refractivity contribution in [1.82, 2.24) is 15.2 Å². The van der Waals surface area contributed by atoms with Crippen LogP contribution in [0.4, 0.5) is 11.5 Å². The number of aromatic amines is 1. The van der Waals surface area contributed by atoms with Crippen molar-refractivity contribution in [3.05, 3.63) is 53.7 Å². The van der Waals surface area contributed by atoms with E-state index >= 15 is 0 Å². The number of hydrogen-bond donors (Lipinski definition) is 3. The summed E-state index contributed by atoms with van der Waals surface area (Å²) in [5.74, 6) is 1.28. The van der Waals surface area contributed by atoms with E-state index in [9.17, 15) is 14.4 Å². The van der Waals surface area contributed by atoms with Crippen LogP contribution in [0.5, 0.6) is 0 Å². The van der Waals surface area contributed by atoms with Crippen LogP contribution in [-0.2, 0) is 9.59 Å². The third-order valence-corrected chi connectivity index (χ3v) is 7.85. The van der Waals surface area contributed by atoms with Gasteiger partial charge in [0.2, 0.25) is 0 Å². The maximum atomic E-state index is 12.8. The standard InChI is InChI=1S/C25H27N5O3/c31-23(26-22-13-21(27-28-22)20-11-14-8-9-15(20)10-14)16-4-3-5-17(12-16)29-30-24(32)18-6-1-2-7-19(18)25(30)33/h1-5,12-15,18-20,29H,6-11H2,(H2,26,27,28,31). The zero-order valence-corrected chi connectivity index (χ0v) is 18.3. The van der Waals surface area contributed by atoms with Gasteiger partial charge in [0.25, 0.3) is 17.7 Å². The molecular formula is C25H27N5O3. The van der Waals surface area contributed by atoms with Crippen molar-refractivity contribution in [2.75, 3.05) is 10.7 Å². The van der Waals surface area contributed by atoms with Crippen LogP contribution in [-0.4, -0.2) is 32.9 Å². The summed E-state index contributed by atoms with van der Waals surface area (Å²) in [6.45, 7) is 0. The molecule has 4 aliphatic rings. The van der Waals surface area contributed by atoms with Crippen LogP contribution < -0.4 is 10.7 Å². The van der Waals surface area contributed by atoms with E-state index in [-0.39, 0.29) is 29.6 Å². The average molecular weight is 446 g/mol. The zero-order chi connectivity index (χ0) is 22.5. The molecular weight excluding hydrogens is 418 g/mol. The lowest BCUT2D eigenvalue weighted by molar-refractivity contribution is -0.138. The summed E-state index contributed by atoms with van der Waals surface area (Å²) in [6, 6.07) is 8.74. The third-order valence-electron chi connectivity index (χ3n) is 7.85. The van der Waals surface area contributed by atoms with Gasteiger partial charge in [-0.3, -0.25) is 24.9 Å². The molecule has 5 unspecified atom stereocenters. The highest BCUT2D eigenvalue weighted by molar-refractivity contribution is 6.07. The Labute approximate surface area is 191 Å². The van der Waals surface area contributed by atoms with Crippen molar-refractivity contribution in [2.45, 2.75) is 44.4 Å². The Morgan fingerprint density at radius 3 is 2.48 bits per heavy atom. The molecule has 0 radical (unpaired) electrons. The minimum absolute atomic E-state index is 0.214. The van der Waals surface area contributed by atoms with Gasteiger partial charge in [0.15, 0.2) is 5.82 Å². The number of nitrogens with zero attached hydrogens (tertiary/aromatic N) is 2. The number of nitrogens with one attached hydrogen (secondary N) is 3. The lowest BCUT2D eigenvalue weighted by atomic mass is 9.85. The summed E-state index contributed by atoms with van der Waals surface area (Å²) in [6.07, 6.45) is 10.2. The first-order valence-corrected chi connectivity index (χ1v) is 11.8. The topological polar surface area (TPSA) is 107 Å². The summed E-state index contributed by atoms with van der Waals surface area (Å²) in [5.41, 5.74) is 4.96. The van der Waals surface area contributed by atoms with Crippen molar-refractivity contribution < 1.29 is 14.4 Å². The third kappa shape index (κ3) is 3.53. The molecule has 6 rings (SSSR count). The first-order valence-electron chi connectivity index (χ1n) is 11.8. The summed E-state index contributed by atoms with van der Waals surface area (Å²) < 4.78 is 0. The van der Waals surface area contributed by atoms with Crippen LogP contribution in [0.2, 0.25) is 0 Å². The molecule has 5 atom stereocenters. The van der Waals surface area contributed by atoms with Gasteiger partial charge >= 0.3 is 0 Å². The van der Waals surface area contributed by atoms with Gasteiger partial charge in [0.05, 0.1) is 17.5 Å². The van der Waals surface area contributed by atoms with E-state index in [0.717, 1.165) is 22.5 Å². The Morgan fingerprint density at radius 2 is 1.79 bits per heavy atom. The first kappa shape index (κ1) is 20.2. The molecule has 2 bridgehead atoms. The predicted octanol–water partition coefficient (Wildman–Crippen LogP) is 3.84. The number of hydrogen-bond acceptors (Lipinski definition) is 5. The smallest absolute Gasteiger partial charge is 0.256 e. The van der Waals surface area contributed by atoms with Gasteiger partial charge in [0.1, 0.15) is 0 Å². The molecule has 33 heavy (non-hydrogen) atoms. The normalized spacial score (nSPS) is 30.1. The molecule has 3 aliphatic carbocycles. The number of carbonyl (C=O) groups is 3. The van der Waals surface area contributed by atoms with E-state index in [0.29, 0.717) is 35.8 Å². The molecule has 1 saturated heterocycles. The van der Waals surface area contributed by atoms with E-state index in [1.807, 2.05) is 18.2 Å². The number of aromatic nitrogens is 2. The molecule has 8 heteroatoms. The number of hydrazine groups is 1. The van der Waals surface area contributed by atoms with E-state index in [2.05, 4.69) is 20.9 Å². The largest absolute Gasteiger partial charge is 0.305 e. The molecule has 3 N–H and O–H groups in total. The fourth-order valence-corrected chi connectivity index (χ4v) is 6.17. The molecule has 1 aromatic heterocycles. The van der Waals surface area contributed by atoms with Gasteiger partial charge in [-0.05, 0) is 62.1 Å². The second-order valence-electron chi connectivity index (χ2n) is 9.80. The van der Waals surface area contributed by atoms with Gasteiger partial charge in [-0.15, -0.1) is 0 Å². The van der Waals surface area contributed by atoms with Crippen molar-refractivity contribution in [3.63, 3.8) is 0 Å². The minimum atomic E-state index is -0.301. The van der Waals surface area contributed by atoms with Crippen LogP contribution in [0.3, 0.4) is 0 Å². The second-order valence-corrected chi connectivity index (χ2v) is 9.80. The average Bonchev–Trinajstić information content (AvgIpc) is 3.62. The minimum Gasteiger partial charge on any atom is -0.305 e. The number of carbonyl (C=O) groups excluding carboxylic acids is 3. The Morgan fingerprint density at radius 1 is 1.00 bits per heavy atom. The number of amides is 3. The van der Waals surface area contributed by atoms with Gasteiger partial charge < -0.3 is 5.32 Å². The summed E-state index contributed by atoms with van der Waals surface area (Å²) >= 11 is 0. The van der Waals surface area contributed by atoms with E-state index < -0.39 is 0 Å². The Hall–Kier alpha value is -3.42. The highest BCUT2D eigenvalue weighted by atomic mass is 16.2. The van der Waals surface area contributed by atoms with Crippen LogP contribution in [0.1, 0.15) is 60.5 Å². The van der Waals surface area contributed by atoms with Gasteiger partial charge in [-0.1, -0.05) is 24.6 Å². The highest BCUT2D eigenvalue weighted by Crippen LogP contribution is 2.52. The SMILES string of the molecule is O=C(Nc1cc(C2CC3CCC2C3)[nH]n1)c1cccc(NN2C(=O)C3CC=CCC3C2=O)c1. The van der Waals surface area contributed by atoms with Crippen LogP contribution in [0.15, 0.2) is 42.5 Å². The molecule has 0 spiro atoms. The zero-order valence-electron chi connectivity index (χ0n) is 18.3. The molecule has 2 aromatic rings. The fourth-order valence-electron chi connectivity index (χ4n) is 6.17. The molecule has 8 nitrogen and oxygen atoms in total. The predicted molar refractivity (Wildman–Crippen MR) is 122 cm³/mol. The monoisotopic (exact) mass is 445 g/mol. The van der Waals surface area contributed by atoms with Crippen LogP contribution in [0.25, 0.3) is 0 Å². The molecule has 1 aromatic carbocycles. The van der Waals surface area contributed by atoms with Crippen LogP contribution >= 0.6 is 0 Å². The number of benzene rings is 1. The molecule has 3 fully saturated rings. The van der Waals surface area contributed by atoms with Crippen LogP contribution in [0, 0.1) is 23.7 Å². The molecule has 170 valence electrons. The van der Waals surface area contributed by atoms with Gasteiger partial charge in [0, 0.05) is 23.2 Å². The van der Waals surface area contributed by atoms with Gasteiger partial charge in [-0.2, -0.15) is 10.1 Å². The number of rotatable bonds is 5. The van der Waals surface area contributed by atoms with Crippen molar-refractivity contribution in [2.24, 2.45) is 23.7 Å². The number of H-pyrrole nitrogens is 1. The maximum absolute atomic E-state index is 12.8. The Balaban J connectivity index is 1.13. The van der Waals surface area contributed by atoms with E-state index in [4.69, 9.17) is 0 Å². The second kappa shape index (κ2) is 7.86. The summed E-state index contributed by atoms with van der Waals surface area (Å²) in [7, 11) is 0. The first-order chi connectivity index (χ1) is 16.1. The van der Waals surface area contributed by atoms with Crippen molar-refractivity contribution in [1.29, 1.82) is 0 Å². The maximum Gasteiger partial charge on any atom is 0.256 e. The molecule has 3 amide bonds. The molecule has 1 aliphatic heterocycles. The molecule has 2 heterocycles. The Bertz CT molecular complexity index is 1130. The van der Waals surface area contributed by atoms with Crippen molar-refractivity contribution >= 4 is 29.2 Å². The fraction of sp³-hybridized carbons (Fsp3) is 0.440. The van der Waals surface area contributed by atoms with E-state index in [1.165, 1.54) is 25.7 Å². The lowest BCUT2D eigenvalue weighted by Gasteiger charge is -2.19. The number of anilines is 2. The number of imide groups is 1. The molecule has 2 saturated carbocycles. The van der Waals surface area contributed by atoms with E-state index in [1.54, 1.807) is 24.3 Å². The van der Waals surface area contributed by atoms with Gasteiger partial charge in [-0.25, -0.2) is 0 Å².